The van der Waals surface area contributed by atoms with E-state index in [1.165, 1.54) is 0 Å². The van der Waals surface area contributed by atoms with Crippen LogP contribution < -0.4 is 21.3 Å². The maximum Gasteiger partial charge on any atom is 0.321 e. The number of hydrogen-bond donors (Lipinski definition) is 4. The topological polar surface area (TPSA) is 80.8 Å². The van der Waals surface area contributed by atoms with E-state index < -0.39 is 6.29 Å². The molecule has 27 heavy (non-hydrogen) atoms. The molecule has 2 rings (SSSR count). The molecule has 0 fully saturated rings. The molecule has 1 aromatic rings. The average Bonchev–Trinajstić information content (AvgIpc) is 2.61. The van der Waals surface area contributed by atoms with Crippen molar-refractivity contribution in [2.45, 2.75) is 38.6 Å². The number of hydrogen-bond acceptors (Lipinski definition) is 5. The maximum absolute atomic E-state index is 12.3. The summed E-state index contributed by atoms with van der Waals surface area (Å²) in [5.41, 5.74) is 1.57. The van der Waals surface area contributed by atoms with Crippen molar-refractivity contribution in [2.24, 2.45) is 4.99 Å². The highest BCUT2D eigenvalue weighted by atomic mass is 35.5. The molecule has 1 aliphatic rings. The SMILES string of the molecule is CNCCCCNC1CC(C)=NC(NC(=O)Nc2ccc(Cl)c(Cl)c2)N1C. The van der Waals surface area contributed by atoms with E-state index in [1.807, 2.05) is 25.9 Å². The summed E-state index contributed by atoms with van der Waals surface area (Å²) in [4.78, 5) is 18.9. The second-order valence-electron chi connectivity index (χ2n) is 6.62. The van der Waals surface area contributed by atoms with Gasteiger partial charge in [-0.1, -0.05) is 23.2 Å². The van der Waals surface area contributed by atoms with E-state index in [9.17, 15) is 4.79 Å². The lowest BCUT2D eigenvalue weighted by Crippen LogP contribution is -2.58. The van der Waals surface area contributed by atoms with Gasteiger partial charge in [-0.2, -0.15) is 0 Å². The first-order valence-corrected chi connectivity index (χ1v) is 9.82. The standard InChI is InChI=1S/C18H28Cl2N6O/c1-12-10-16(22-9-5-4-8-21-2)26(3)17(23-12)25-18(27)24-13-6-7-14(19)15(20)11-13/h6-7,11,16-17,21-22H,4-5,8-10H2,1-3H3,(H2,24,25,27). The van der Waals surface area contributed by atoms with Gasteiger partial charge < -0.3 is 21.3 Å². The van der Waals surface area contributed by atoms with Gasteiger partial charge in [0.25, 0.3) is 0 Å². The van der Waals surface area contributed by atoms with Gasteiger partial charge in [0, 0.05) is 17.8 Å². The third kappa shape index (κ3) is 6.93. The first-order chi connectivity index (χ1) is 12.9. The molecule has 1 aliphatic heterocycles. The van der Waals surface area contributed by atoms with E-state index in [0.717, 1.165) is 38.1 Å². The number of carbonyl (C=O) groups excluding carboxylic acids is 1. The summed E-state index contributed by atoms with van der Waals surface area (Å²) in [5.74, 6) is 0. The van der Waals surface area contributed by atoms with Gasteiger partial charge in [0.05, 0.1) is 16.2 Å². The number of urea groups is 1. The van der Waals surface area contributed by atoms with E-state index in [4.69, 9.17) is 23.2 Å². The minimum atomic E-state index is -0.434. The van der Waals surface area contributed by atoms with Gasteiger partial charge in [0.15, 0.2) is 6.29 Å². The lowest BCUT2D eigenvalue weighted by Gasteiger charge is -2.37. The Morgan fingerprint density at radius 1 is 1.26 bits per heavy atom. The lowest BCUT2D eigenvalue weighted by molar-refractivity contribution is 0.123. The Morgan fingerprint density at radius 2 is 2.00 bits per heavy atom. The van der Waals surface area contributed by atoms with Crippen LogP contribution in [0.3, 0.4) is 0 Å². The van der Waals surface area contributed by atoms with Crippen molar-refractivity contribution in [1.29, 1.82) is 0 Å². The molecule has 1 aromatic carbocycles. The monoisotopic (exact) mass is 414 g/mol. The molecule has 4 N–H and O–H groups in total. The van der Waals surface area contributed by atoms with Crippen LogP contribution in [0.2, 0.25) is 10.0 Å². The molecule has 7 nitrogen and oxygen atoms in total. The van der Waals surface area contributed by atoms with Crippen molar-refractivity contribution in [1.82, 2.24) is 20.9 Å². The molecule has 0 radical (unpaired) electrons. The Labute approximate surface area is 170 Å². The molecule has 0 bridgehead atoms. The average molecular weight is 415 g/mol. The summed E-state index contributed by atoms with van der Waals surface area (Å²) in [6.45, 7) is 3.92. The quantitative estimate of drug-likeness (QED) is 0.492. The van der Waals surface area contributed by atoms with Gasteiger partial charge in [-0.05, 0) is 65.1 Å². The van der Waals surface area contributed by atoms with Gasteiger partial charge in [0.2, 0.25) is 0 Å². The van der Waals surface area contributed by atoms with Gasteiger partial charge in [-0.15, -0.1) is 0 Å². The first kappa shape index (κ1) is 21.9. The zero-order valence-electron chi connectivity index (χ0n) is 16.0. The Morgan fingerprint density at radius 3 is 2.70 bits per heavy atom. The van der Waals surface area contributed by atoms with Gasteiger partial charge in [-0.25, -0.2) is 4.79 Å². The van der Waals surface area contributed by atoms with Crippen LogP contribution in [0.1, 0.15) is 26.2 Å². The van der Waals surface area contributed by atoms with E-state index >= 15 is 0 Å². The summed E-state index contributed by atoms with van der Waals surface area (Å²) >= 11 is 11.9. The Hall–Kier alpha value is -1.38. The number of aliphatic imine (C=N–C) groups is 1. The third-order valence-electron chi connectivity index (χ3n) is 4.38. The van der Waals surface area contributed by atoms with Crippen molar-refractivity contribution in [3.05, 3.63) is 28.2 Å². The number of amides is 2. The highest BCUT2D eigenvalue weighted by Gasteiger charge is 2.28. The maximum atomic E-state index is 12.3. The fraction of sp³-hybridized carbons (Fsp3) is 0.556. The van der Waals surface area contributed by atoms with Crippen LogP contribution in [0, 0.1) is 0 Å². The summed E-state index contributed by atoms with van der Waals surface area (Å²) in [6.07, 6.45) is 2.75. The van der Waals surface area contributed by atoms with Gasteiger partial charge in [-0.3, -0.25) is 9.89 Å². The Balaban J connectivity index is 1.88. The Bertz CT molecular complexity index is 669. The first-order valence-electron chi connectivity index (χ1n) is 9.06. The highest BCUT2D eigenvalue weighted by molar-refractivity contribution is 6.42. The largest absolute Gasteiger partial charge is 0.321 e. The Kier molecular flexibility index (Phi) is 8.79. The van der Waals surface area contributed by atoms with Gasteiger partial charge >= 0.3 is 6.03 Å². The molecule has 0 aliphatic carbocycles. The number of halogens is 2. The van der Waals surface area contributed by atoms with Crippen molar-refractivity contribution >= 4 is 40.6 Å². The van der Waals surface area contributed by atoms with Crippen LogP contribution in [0.4, 0.5) is 10.5 Å². The predicted octanol–water partition coefficient (Wildman–Crippen LogP) is 3.11. The molecular formula is C18H28Cl2N6O. The molecule has 2 unspecified atom stereocenters. The fourth-order valence-corrected chi connectivity index (χ4v) is 3.15. The van der Waals surface area contributed by atoms with Crippen LogP contribution in [0.5, 0.6) is 0 Å². The number of nitrogens with one attached hydrogen (secondary N) is 4. The van der Waals surface area contributed by atoms with E-state index in [1.54, 1.807) is 18.2 Å². The second-order valence-corrected chi connectivity index (χ2v) is 7.43. The lowest BCUT2D eigenvalue weighted by atomic mass is 10.2. The van der Waals surface area contributed by atoms with Crippen molar-refractivity contribution < 1.29 is 4.79 Å². The number of nitrogens with zero attached hydrogens (tertiary/aromatic N) is 2. The summed E-state index contributed by atoms with van der Waals surface area (Å²) in [7, 11) is 3.91. The fourth-order valence-electron chi connectivity index (χ4n) is 2.85. The normalized spacial score (nSPS) is 20.3. The summed E-state index contributed by atoms with van der Waals surface area (Å²) in [5, 5.41) is 13.2. The molecule has 0 saturated heterocycles. The number of carbonyl (C=O) groups is 1. The third-order valence-corrected chi connectivity index (χ3v) is 5.12. The van der Waals surface area contributed by atoms with Gasteiger partial charge in [0.1, 0.15) is 0 Å². The highest BCUT2D eigenvalue weighted by Crippen LogP contribution is 2.25. The van der Waals surface area contributed by atoms with Crippen LogP contribution in [0.15, 0.2) is 23.2 Å². The molecular weight excluding hydrogens is 387 g/mol. The molecule has 9 heteroatoms. The molecule has 0 spiro atoms. The van der Waals surface area contributed by atoms with Crippen LogP contribution in [-0.4, -0.2) is 56.3 Å². The minimum Gasteiger partial charge on any atom is -0.320 e. The van der Waals surface area contributed by atoms with Crippen molar-refractivity contribution in [3.8, 4) is 0 Å². The minimum absolute atomic E-state index is 0.132. The molecule has 2 atom stereocenters. The number of unbranched alkanes of at least 4 members (excludes halogenated alkanes) is 1. The smallest absolute Gasteiger partial charge is 0.320 e. The number of anilines is 1. The predicted molar refractivity (Wildman–Crippen MR) is 113 cm³/mol. The van der Waals surface area contributed by atoms with Crippen molar-refractivity contribution in [2.75, 3.05) is 32.5 Å². The van der Waals surface area contributed by atoms with Crippen LogP contribution in [0.25, 0.3) is 0 Å². The molecule has 150 valence electrons. The van der Waals surface area contributed by atoms with Crippen LogP contribution >= 0.6 is 23.2 Å². The van der Waals surface area contributed by atoms with E-state index in [0.29, 0.717) is 15.7 Å². The van der Waals surface area contributed by atoms with Crippen molar-refractivity contribution in [3.63, 3.8) is 0 Å². The summed E-state index contributed by atoms with van der Waals surface area (Å²) < 4.78 is 0. The molecule has 0 saturated carbocycles. The molecule has 2 amide bonds. The zero-order valence-corrected chi connectivity index (χ0v) is 17.5. The second kappa shape index (κ2) is 10.8. The zero-order chi connectivity index (χ0) is 19.8. The molecule has 1 heterocycles. The number of rotatable bonds is 8. The van der Waals surface area contributed by atoms with E-state index in [-0.39, 0.29) is 12.2 Å². The summed E-state index contributed by atoms with van der Waals surface area (Å²) in [6, 6.07) is 4.60. The number of benzene rings is 1. The van der Waals surface area contributed by atoms with E-state index in [2.05, 4.69) is 26.3 Å². The molecule has 0 aromatic heterocycles. The van der Waals surface area contributed by atoms with Crippen LogP contribution in [-0.2, 0) is 0 Å².